The van der Waals surface area contributed by atoms with Crippen LogP contribution in [-0.4, -0.2) is 12.6 Å². The second-order valence-electron chi connectivity index (χ2n) is 3.96. The van der Waals surface area contributed by atoms with Gasteiger partial charge in [-0.05, 0) is 31.5 Å². The molecule has 2 nitrogen and oxygen atoms in total. The lowest BCUT2D eigenvalue weighted by Crippen LogP contribution is -2.37. The molecule has 1 atom stereocenters. The van der Waals surface area contributed by atoms with E-state index in [0.29, 0.717) is 11.3 Å². The Hall–Kier alpha value is -1.09. The fourth-order valence-electron chi connectivity index (χ4n) is 1.23. The van der Waals surface area contributed by atoms with Crippen LogP contribution >= 0.6 is 0 Å². The van der Waals surface area contributed by atoms with Gasteiger partial charge in [0.25, 0.3) is 0 Å². The van der Waals surface area contributed by atoms with Crippen molar-refractivity contribution in [1.29, 1.82) is 0 Å². The van der Waals surface area contributed by atoms with Crippen molar-refractivity contribution in [3.8, 4) is 5.75 Å². The Bertz CT molecular complexity index is 306. The van der Waals surface area contributed by atoms with E-state index in [0.717, 1.165) is 0 Å². The van der Waals surface area contributed by atoms with Gasteiger partial charge in [-0.25, -0.2) is 4.39 Å². The zero-order chi connectivity index (χ0) is 10.8. The molecule has 78 valence electrons. The number of ether oxygens (including phenoxy) is 1. The molecular formula is C11H16FNO. The van der Waals surface area contributed by atoms with E-state index < -0.39 is 11.7 Å². The minimum absolute atomic E-state index is 0.553. The molecule has 1 rings (SSSR count). The topological polar surface area (TPSA) is 35.2 Å². The third-order valence-corrected chi connectivity index (χ3v) is 2.04. The Balaban J connectivity index is 2.95. The average Bonchev–Trinajstić information content (AvgIpc) is 2.15. The second-order valence-corrected chi connectivity index (χ2v) is 3.96. The third-order valence-electron chi connectivity index (χ3n) is 2.04. The fraction of sp³-hybridized carbons (Fsp3) is 0.455. The summed E-state index contributed by atoms with van der Waals surface area (Å²) in [6.45, 7) is 3.33. The SMILES string of the molecule is COc1cccc(C(F)C(C)(C)N)c1. The summed E-state index contributed by atoms with van der Waals surface area (Å²) in [5, 5.41) is 0. The Labute approximate surface area is 83.9 Å². The third kappa shape index (κ3) is 2.45. The standard InChI is InChI=1S/C11H16FNO/c1-11(2,13)10(12)8-5-4-6-9(7-8)14-3/h4-7,10H,13H2,1-3H3. The monoisotopic (exact) mass is 197 g/mol. The summed E-state index contributed by atoms with van der Waals surface area (Å²) in [7, 11) is 1.56. The van der Waals surface area contributed by atoms with Crippen LogP contribution < -0.4 is 10.5 Å². The van der Waals surface area contributed by atoms with E-state index in [4.69, 9.17) is 10.5 Å². The van der Waals surface area contributed by atoms with Gasteiger partial charge in [-0.1, -0.05) is 12.1 Å². The maximum absolute atomic E-state index is 13.8. The molecule has 1 aromatic carbocycles. The lowest BCUT2D eigenvalue weighted by molar-refractivity contribution is 0.223. The molecule has 0 bridgehead atoms. The van der Waals surface area contributed by atoms with E-state index in [1.807, 2.05) is 0 Å². The van der Waals surface area contributed by atoms with Crippen LogP contribution in [0.25, 0.3) is 0 Å². The van der Waals surface area contributed by atoms with E-state index in [-0.39, 0.29) is 0 Å². The van der Waals surface area contributed by atoms with Crippen molar-refractivity contribution in [2.24, 2.45) is 5.73 Å². The van der Waals surface area contributed by atoms with Gasteiger partial charge in [-0.2, -0.15) is 0 Å². The first kappa shape index (κ1) is 11.0. The van der Waals surface area contributed by atoms with Crippen LogP contribution in [0.2, 0.25) is 0 Å². The normalized spacial score (nSPS) is 13.8. The highest BCUT2D eigenvalue weighted by molar-refractivity contribution is 5.31. The number of rotatable bonds is 3. The van der Waals surface area contributed by atoms with Gasteiger partial charge in [-0.3, -0.25) is 0 Å². The van der Waals surface area contributed by atoms with Crippen LogP contribution in [0.15, 0.2) is 24.3 Å². The zero-order valence-electron chi connectivity index (χ0n) is 8.75. The van der Waals surface area contributed by atoms with Crippen molar-refractivity contribution in [3.05, 3.63) is 29.8 Å². The van der Waals surface area contributed by atoms with Crippen LogP contribution in [-0.2, 0) is 0 Å². The maximum atomic E-state index is 13.8. The lowest BCUT2D eigenvalue weighted by Gasteiger charge is -2.24. The zero-order valence-corrected chi connectivity index (χ0v) is 8.75. The van der Waals surface area contributed by atoms with Crippen LogP contribution in [0.3, 0.4) is 0 Å². The van der Waals surface area contributed by atoms with Gasteiger partial charge in [0.15, 0.2) is 0 Å². The molecule has 0 aliphatic rings. The lowest BCUT2D eigenvalue weighted by atomic mass is 9.94. The van der Waals surface area contributed by atoms with Gasteiger partial charge in [0.05, 0.1) is 7.11 Å². The summed E-state index contributed by atoms with van der Waals surface area (Å²) in [5.74, 6) is 0.648. The minimum atomic E-state index is -1.18. The van der Waals surface area contributed by atoms with Crippen molar-refractivity contribution in [3.63, 3.8) is 0 Å². The number of alkyl halides is 1. The highest BCUT2D eigenvalue weighted by Gasteiger charge is 2.26. The molecule has 0 spiro atoms. The number of halogens is 1. The highest BCUT2D eigenvalue weighted by Crippen LogP contribution is 2.29. The largest absolute Gasteiger partial charge is 0.497 e. The van der Waals surface area contributed by atoms with Crippen molar-refractivity contribution < 1.29 is 9.13 Å². The predicted molar refractivity (Wildman–Crippen MR) is 55.1 cm³/mol. The summed E-state index contributed by atoms with van der Waals surface area (Å²) in [6, 6.07) is 6.91. The van der Waals surface area contributed by atoms with Gasteiger partial charge in [0.2, 0.25) is 0 Å². The van der Waals surface area contributed by atoms with E-state index >= 15 is 0 Å². The Morgan fingerprint density at radius 3 is 2.57 bits per heavy atom. The van der Waals surface area contributed by atoms with Gasteiger partial charge in [0.1, 0.15) is 11.9 Å². The first-order valence-corrected chi connectivity index (χ1v) is 4.52. The summed E-state index contributed by atoms with van der Waals surface area (Å²) < 4.78 is 18.8. The van der Waals surface area contributed by atoms with E-state index in [2.05, 4.69) is 0 Å². The molecule has 0 aromatic heterocycles. The molecule has 0 aliphatic carbocycles. The van der Waals surface area contributed by atoms with Gasteiger partial charge < -0.3 is 10.5 Å². The Morgan fingerprint density at radius 2 is 2.07 bits per heavy atom. The van der Waals surface area contributed by atoms with Crippen LogP contribution in [0.5, 0.6) is 5.75 Å². The summed E-state index contributed by atoms with van der Waals surface area (Å²) in [4.78, 5) is 0. The van der Waals surface area contributed by atoms with Crippen LogP contribution in [0.4, 0.5) is 4.39 Å². The highest BCUT2D eigenvalue weighted by atomic mass is 19.1. The first-order chi connectivity index (χ1) is 6.45. The molecule has 0 saturated heterocycles. The van der Waals surface area contributed by atoms with Crippen molar-refractivity contribution in [1.82, 2.24) is 0 Å². The van der Waals surface area contributed by atoms with Gasteiger partial charge in [0, 0.05) is 5.54 Å². The molecule has 1 aromatic rings. The molecule has 2 N–H and O–H groups in total. The fourth-order valence-corrected chi connectivity index (χ4v) is 1.23. The van der Waals surface area contributed by atoms with E-state index in [1.54, 1.807) is 45.2 Å². The number of benzene rings is 1. The molecule has 3 heteroatoms. The summed E-state index contributed by atoms with van der Waals surface area (Å²) in [6.07, 6.45) is -1.18. The summed E-state index contributed by atoms with van der Waals surface area (Å²) in [5.41, 5.74) is 5.37. The molecule has 14 heavy (non-hydrogen) atoms. The number of hydrogen-bond acceptors (Lipinski definition) is 2. The smallest absolute Gasteiger partial charge is 0.143 e. The first-order valence-electron chi connectivity index (χ1n) is 4.52. The second kappa shape index (κ2) is 3.96. The van der Waals surface area contributed by atoms with Gasteiger partial charge in [-0.15, -0.1) is 0 Å². The van der Waals surface area contributed by atoms with Crippen molar-refractivity contribution in [2.75, 3.05) is 7.11 Å². The van der Waals surface area contributed by atoms with Gasteiger partial charge >= 0.3 is 0 Å². The molecule has 0 aliphatic heterocycles. The van der Waals surface area contributed by atoms with Crippen molar-refractivity contribution >= 4 is 0 Å². The van der Waals surface area contributed by atoms with Crippen LogP contribution in [0, 0.1) is 0 Å². The molecule has 1 unspecified atom stereocenters. The molecule has 0 amide bonds. The molecule has 0 fully saturated rings. The Kier molecular flexibility index (Phi) is 3.11. The number of methoxy groups -OCH3 is 1. The predicted octanol–water partition coefficient (Wildman–Crippen LogP) is 2.44. The Morgan fingerprint density at radius 1 is 1.43 bits per heavy atom. The van der Waals surface area contributed by atoms with Crippen LogP contribution in [0.1, 0.15) is 25.6 Å². The van der Waals surface area contributed by atoms with E-state index in [1.165, 1.54) is 0 Å². The maximum Gasteiger partial charge on any atom is 0.143 e. The summed E-state index contributed by atoms with van der Waals surface area (Å²) >= 11 is 0. The molecule has 0 heterocycles. The number of hydrogen-bond donors (Lipinski definition) is 1. The minimum Gasteiger partial charge on any atom is -0.497 e. The molecule has 0 saturated carbocycles. The quantitative estimate of drug-likeness (QED) is 0.807. The molecule has 0 radical (unpaired) electrons. The molecular weight excluding hydrogens is 181 g/mol. The number of nitrogens with two attached hydrogens (primary N) is 1. The van der Waals surface area contributed by atoms with Crippen molar-refractivity contribution in [2.45, 2.75) is 25.6 Å². The average molecular weight is 197 g/mol. The van der Waals surface area contributed by atoms with E-state index in [9.17, 15) is 4.39 Å².